The first-order chi connectivity index (χ1) is 9.48. The molecular formula is C16H30N2O2. The van der Waals surface area contributed by atoms with Gasteiger partial charge in [-0.2, -0.15) is 0 Å². The molecule has 2 rings (SSSR count). The lowest BCUT2D eigenvalue weighted by Crippen LogP contribution is -2.63. The molecule has 1 heterocycles. The molecule has 1 saturated carbocycles. The molecular weight excluding hydrogens is 252 g/mol. The van der Waals surface area contributed by atoms with E-state index in [-0.39, 0.29) is 6.04 Å². The van der Waals surface area contributed by atoms with Crippen molar-refractivity contribution in [1.29, 1.82) is 0 Å². The first-order valence-corrected chi connectivity index (χ1v) is 8.21. The normalized spacial score (nSPS) is 24.8. The summed E-state index contributed by atoms with van der Waals surface area (Å²) in [7, 11) is 0. The fraction of sp³-hybridized carbons (Fsp3) is 0.938. The Morgan fingerprint density at radius 1 is 1.30 bits per heavy atom. The fourth-order valence-corrected chi connectivity index (χ4v) is 3.59. The van der Waals surface area contributed by atoms with Gasteiger partial charge in [-0.1, -0.05) is 13.3 Å². The van der Waals surface area contributed by atoms with Crippen LogP contribution in [0.15, 0.2) is 0 Å². The number of carboxylic acids is 1. The highest BCUT2D eigenvalue weighted by atomic mass is 16.4. The Morgan fingerprint density at radius 2 is 1.90 bits per heavy atom. The van der Waals surface area contributed by atoms with Crippen LogP contribution < -0.4 is 5.32 Å². The summed E-state index contributed by atoms with van der Waals surface area (Å²) in [5.41, 5.74) is -0.729. The Kier molecular flexibility index (Phi) is 5.08. The van der Waals surface area contributed by atoms with Gasteiger partial charge in [0.1, 0.15) is 5.54 Å². The second kappa shape index (κ2) is 6.44. The predicted octanol–water partition coefficient (Wildman–Crippen LogP) is 2.34. The number of rotatable bonds is 7. The van der Waals surface area contributed by atoms with Crippen molar-refractivity contribution < 1.29 is 9.90 Å². The molecule has 0 amide bonds. The summed E-state index contributed by atoms with van der Waals surface area (Å²) in [6.45, 7) is 9.13. The van der Waals surface area contributed by atoms with Gasteiger partial charge >= 0.3 is 5.97 Å². The van der Waals surface area contributed by atoms with E-state index in [1.807, 2.05) is 13.8 Å². The van der Waals surface area contributed by atoms with Crippen LogP contribution in [0.3, 0.4) is 0 Å². The number of nitrogens with zero attached hydrogens (tertiary/aromatic N) is 1. The van der Waals surface area contributed by atoms with Crippen molar-refractivity contribution in [3.63, 3.8) is 0 Å². The van der Waals surface area contributed by atoms with Crippen LogP contribution in [0.4, 0.5) is 0 Å². The Morgan fingerprint density at radius 3 is 2.30 bits per heavy atom. The lowest BCUT2D eigenvalue weighted by Gasteiger charge is -2.40. The number of hydrogen-bond acceptors (Lipinski definition) is 3. The van der Waals surface area contributed by atoms with E-state index in [0.29, 0.717) is 12.5 Å². The third kappa shape index (κ3) is 3.53. The lowest BCUT2D eigenvalue weighted by atomic mass is 9.88. The molecule has 1 saturated heterocycles. The summed E-state index contributed by atoms with van der Waals surface area (Å²) >= 11 is 0. The largest absolute Gasteiger partial charge is 0.480 e. The fourth-order valence-electron chi connectivity index (χ4n) is 3.59. The van der Waals surface area contributed by atoms with Gasteiger partial charge in [0.2, 0.25) is 0 Å². The van der Waals surface area contributed by atoms with E-state index < -0.39 is 11.5 Å². The van der Waals surface area contributed by atoms with Gasteiger partial charge in [0.15, 0.2) is 0 Å². The number of carbonyl (C=O) groups is 1. The number of aliphatic carboxylic acids is 1. The summed E-state index contributed by atoms with van der Waals surface area (Å²) in [6.07, 6.45) is 5.80. The average molecular weight is 282 g/mol. The molecule has 2 aliphatic rings. The smallest absolute Gasteiger partial charge is 0.325 e. The second-order valence-corrected chi connectivity index (χ2v) is 6.98. The van der Waals surface area contributed by atoms with Gasteiger partial charge < -0.3 is 10.0 Å². The molecule has 1 unspecified atom stereocenters. The van der Waals surface area contributed by atoms with Crippen molar-refractivity contribution >= 4 is 5.97 Å². The van der Waals surface area contributed by atoms with Crippen LogP contribution in [0.1, 0.15) is 52.9 Å². The van der Waals surface area contributed by atoms with Crippen LogP contribution >= 0.6 is 0 Å². The zero-order valence-electron chi connectivity index (χ0n) is 13.2. The monoisotopic (exact) mass is 282 g/mol. The van der Waals surface area contributed by atoms with E-state index in [0.717, 1.165) is 31.8 Å². The molecule has 0 bridgehead atoms. The minimum Gasteiger partial charge on any atom is -0.480 e. The maximum atomic E-state index is 11.9. The first kappa shape index (κ1) is 15.8. The molecule has 0 aromatic heterocycles. The van der Waals surface area contributed by atoms with Gasteiger partial charge in [0, 0.05) is 12.6 Å². The minimum absolute atomic E-state index is 0.208. The minimum atomic E-state index is -0.729. The second-order valence-electron chi connectivity index (χ2n) is 6.98. The summed E-state index contributed by atoms with van der Waals surface area (Å²) in [5, 5.41) is 13.2. The van der Waals surface area contributed by atoms with Crippen molar-refractivity contribution in [3.05, 3.63) is 0 Å². The number of piperidine rings is 1. The zero-order chi connectivity index (χ0) is 14.8. The molecule has 1 atom stereocenters. The Labute approximate surface area is 122 Å². The number of carboxylic acid groups (broad SMARTS) is 1. The SMILES string of the molecule is CCC1CCN(CC(NC(C)C)(C(=O)O)C2CC2)CC1. The molecule has 0 aromatic carbocycles. The molecule has 0 radical (unpaired) electrons. The molecule has 1 aliphatic heterocycles. The molecule has 4 heteroatoms. The van der Waals surface area contributed by atoms with Gasteiger partial charge in [-0.3, -0.25) is 10.1 Å². The topological polar surface area (TPSA) is 52.6 Å². The summed E-state index contributed by atoms with van der Waals surface area (Å²) in [6, 6.07) is 0.208. The maximum Gasteiger partial charge on any atom is 0.325 e. The standard InChI is InChI=1S/C16H30N2O2/c1-4-13-7-9-18(10-8-13)11-16(15(19)20,14-5-6-14)17-12(2)3/h12-14,17H,4-11H2,1-3H3,(H,19,20). The average Bonchev–Trinajstić information content (AvgIpc) is 3.22. The lowest BCUT2D eigenvalue weighted by molar-refractivity contribution is -0.147. The Hall–Kier alpha value is -0.610. The number of likely N-dealkylation sites (tertiary alicyclic amines) is 1. The maximum absolute atomic E-state index is 11.9. The zero-order valence-corrected chi connectivity index (χ0v) is 13.2. The van der Waals surface area contributed by atoms with Crippen LogP contribution in [0.25, 0.3) is 0 Å². The van der Waals surface area contributed by atoms with Crippen LogP contribution in [-0.4, -0.2) is 47.2 Å². The number of nitrogens with one attached hydrogen (secondary N) is 1. The van der Waals surface area contributed by atoms with Crippen molar-refractivity contribution in [3.8, 4) is 0 Å². The van der Waals surface area contributed by atoms with E-state index in [1.54, 1.807) is 0 Å². The van der Waals surface area contributed by atoms with E-state index in [4.69, 9.17) is 0 Å². The van der Waals surface area contributed by atoms with Gasteiger partial charge in [-0.25, -0.2) is 0 Å². The van der Waals surface area contributed by atoms with Crippen LogP contribution in [0.2, 0.25) is 0 Å². The van der Waals surface area contributed by atoms with Crippen molar-refractivity contribution in [2.45, 2.75) is 64.5 Å². The third-order valence-corrected chi connectivity index (χ3v) is 4.96. The molecule has 1 aliphatic carbocycles. The molecule has 116 valence electrons. The van der Waals surface area contributed by atoms with E-state index >= 15 is 0 Å². The summed E-state index contributed by atoms with van der Waals surface area (Å²) in [4.78, 5) is 14.3. The van der Waals surface area contributed by atoms with Gasteiger partial charge in [0.25, 0.3) is 0 Å². The van der Waals surface area contributed by atoms with E-state index in [1.165, 1.54) is 19.3 Å². The summed E-state index contributed by atoms with van der Waals surface area (Å²) < 4.78 is 0. The molecule has 2 fully saturated rings. The predicted molar refractivity (Wildman–Crippen MR) is 80.8 cm³/mol. The van der Waals surface area contributed by atoms with Crippen LogP contribution in [-0.2, 0) is 4.79 Å². The van der Waals surface area contributed by atoms with Crippen molar-refractivity contribution in [2.75, 3.05) is 19.6 Å². The molecule has 4 nitrogen and oxygen atoms in total. The first-order valence-electron chi connectivity index (χ1n) is 8.21. The van der Waals surface area contributed by atoms with Crippen molar-refractivity contribution in [1.82, 2.24) is 10.2 Å². The molecule has 0 spiro atoms. The van der Waals surface area contributed by atoms with E-state index in [2.05, 4.69) is 17.1 Å². The summed E-state index contributed by atoms with van der Waals surface area (Å²) in [5.74, 6) is 0.488. The van der Waals surface area contributed by atoms with E-state index in [9.17, 15) is 9.90 Å². The van der Waals surface area contributed by atoms with Gasteiger partial charge in [-0.05, 0) is 64.5 Å². The van der Waals surface area contributed by atoms with Gasteiger partial charge in [-0.15, -0.1) is 0 Å². The molecule has 20 heavy (non-hydrogen) atoms. The Bertz CT molecular complexity index is 333. The molecule has 0 aromatic rings. The third-order valence-electron chi connectivity index (χ3n) is 4.96. The van der Waals surface area contributed by atoms with Gasteiger partial charge in [0.05, 0.1) is 0 Å². The number of hydrogen-bond donors (Lipinski definition) is 2. The highest BCUT2D eigenvalue weighted by Gasteiger charge is 2.52. The highest BCUT2D eigenvalue weighted by molar-refractivity contribution is 5.80. The Balaban J connectivity index is 2.02. The van der Waals surface area contributed by atoms with Crippen LogP contribution in [0, 0.1) is 11.8 Å². The highest BCUT2D eigenvalue weighted by Crippen LogP contribution is 2.41. The van der Waals surface area contributed by atoms with Crippen molar-refractivity contribution in [2.24, 2.45) is 11.8 Å². The quantitative estimate of drug-likeness (QED) is 0.752. The van der Waals surface area contributed by atoms with Crippen LogP contribution in [0.5, 0.6) is 0 Å². The molecule has 2 N–H and O–H groups in total.